The number of hydrogen-bond donors (Lipinski definition) is 0. The molecule has 3 rings (SSSR count). The Bertz CT molecular complexity index is 620. The summed E-state index contributed by atoms with van der Waals surface area (Å²) in [5, 5.41) is 0.725. The SMILES string of the molecule is CC(C)CCN1CCCC1C(=O)N1CCc2cc(Br)c(Cl)cc2C1. The summed E-state index contributed by atoms with van der Waals surface area (Å²) in [7, 11) is 0. The lowest BCUT2D eigenvalue weighted by Crippen LogP contribution is -2.47. The predicted octanol–water partition coefficient (Wildman–Crippen LogP) is 4.50. The van der Waals surface area contributed by atoms with Gasteiger partial charge in [0, 0.05) is 17.6 Å². The third-order valence-electron chi connectivity index (χ3n) is 5.21. The van der Waals surface area contributed by atoms with Gasteiger partial charge in [-0.05, 0) is 83.9 Å². The molecule has 1 fully saturated rings. The lowest BCUT2D eigenvalue weighted by atomic mass is 9.99. The van der Waals surface area contributed by atoms with Crippen LogP contribution in [0.15, 0.2) is 16.6 Å². The van der Waals surface area contributed by atoms with E-state index in [1.807, 2.05) is 11.0 Å². The number of nitrogens with zero attached hydrogens (tertiary/aromatic N) is 2. The van der Waals surface area contributed by atoms with E-state index in [1.54, 1.807) is 0 Å². The van der Waals surface area contributed by atoms with Gasteiger partial charge < -0.3 is 4.90 Å². The Morgan fingerprint density at radius 2 is 2.12 bits per heavy atom. The van der Waals surface area contributed by atoms with E-state index in [9.17, 15) is 4.79 Å². The standard InChI is InChI=1S/C19H26BrClN2O/c1-13(2)5-8-22-7-3-4-18(22)19(24)23-9-6-14-10-16(20)17(21)11-15(14)12-23/h10-11,13,18H,3-9,12H2,1-2H3. The number of hydrogen-bond acceptors (Lipinski definition) is 2. The maximum Gasteiger partial charge on any atom is 0.240 e. The third kappa shape index (κ3) is 3.97. The molecular weight excluding hydrogens is 388 g/mol. The second-order valence-electron chi connectivity index (χ2n) is 7.42. The van der Waals surface area contributed by atoms with Crippen LogP contribution in [0, 0.1) is 5.92 Å². The molecule has 1 atom stereocenters. The van der Waals surface area contributed by atoms with Crippen molar-refractivity contribution in [2.24, 2.45) is 5.92 Å². The summed E-state index contributed by atoms with van der Waals surface area (Å²) in [6, 6.07) is 4.19. The number of benzene rings is 1. The zero-order valence-electron chi connectivity index (χ0n) is 14.5. The molecule has 1 amide bonds. The largest absolute Gasteiger partial charge is 0.337 e. The van der Waals surface area contributed by atoms with Gasteiger partial charge >= 0.3 is 0 Å². The van der Waals surface area contributed by atoms with E-state index < -0.39 is 0 Å². The van der Waals surface area contributed by atoms with Gasteiger partial charge in [-0.2, -0.15) is 0 Å². The van der Waals surface area contributed by atoms with Crippen molar-refractivity contribution in [2.75, 3.05) is 19.6 Å². The monoisotopic (exact) mass is 412 g/mol. The van der Waals surface area contributed by atoms with E-state index in [4.69, 9.17) is 11.6 Å². The first-order chi connectivity index (χ1) is 11.5. The van der Waals surface area contributed by atoms with E-state index in [0.717, 1.165) is 54.8 Å². The quantitative estimate of drug-likeness (QED) is 0.725. The Hall–Kier alpha value is -0.580. The van der Waals surface area contributed by atoms with Crippen LogP contribution in [-0.2, 0) is 17.8 Å². The highest BCUT2D eigenvalue weighted by Crippen LogP contribution is 2.31. The van der Waals surface area contributed by atoms with Gasteiger partial charge in [-0.15, -0.1) is 0 Å². The molecule has 0 saturated carbocycles. The molecule has 24 heavy (non-hydrogen) atoms. The molecule has 3 nitrogen and oxygen atoms in total. The second kappa shape index (κ2) is 7.76. The summed E-state index contributed by atoms with van der Waals surface area (Å²) < 4.78 is 0.943. The summed E-state index contributed by atoms with van der Waals surface area (Å²) in [5.74, 6) is 0.991. The Balaban J connectivity index is 1.68. The van der Waals surface area contributed by atoms with E-state index in [1.165, 1.54) is 11.1 Å². The van der Waals surface area contributed by atoms with Gasteiger partial charge in [-0.3, -0.25) is 9.69 Å². The minimum atomic E-state index is 0.0798. The van der Waals surface area contributed by atoms with Gasteiger partial charge in [-0.1, -0.05) is 25.4 Å². The van der Waals surface area contributed by atoms with Gasteiger partial charge in [0.05, 0.1) is 11.1 Å². The maximum absolute atomic E-state index is 13.1. The van der Waals surface area contributed by atoms with Crippen molar-refractivity contribution in [1.82, 2.24) is 9.80 Å². The summed E-state index contributed by atoms with van der Waals surface area (Å²) >= 11 is 9.73. The highest BCUT2D eigenvalue weighted by atomic mass is 79.9. The van der Waals surface area contributed by atoms with Crippen LogP contribution < -0.4 is 0 Å². The Labute approximate surface area is 158 Å². The van der Waals surface area contributed by atoms with Crippen molar-refractivity contribution in [3.05, 3.63) is 32.8 Å². The molecule has 1 aromatic carbocycles. The number of carbonyl (C=O) groups is 1. The van der Waals surface area contributed by atoms with Crippen molar-refractivity contribution in [1.29, 1.82) is 0 Å². The van der Waals surface area contributed by atoms with E-state index in [0.29, 0.717) is 18.4 Å². The molecule has 2 aliphatic rings. The number of halogens is 2. The number of carbonyl (C=O) groups excluding carboxylic acids is 1. The van der Waals surface area contributed by atoms with Crippen LogP contribution in [0.2, 0.25) is 5.02 Å². The molecular formula is C19H26BrClN2O. The van der Waals surface area contributed by atoms with Crippen LogP contribution in [0.3, 0.4) is 0 Å². The topological polar surface area (TPSA) is 23.6 Å². The summed E-state index contributed by atoms with van der Waals surface area (Å²) in [4.78, 5) is 17.5. The van der Waals surface area contributed by atoms with Crippen LogP contribution in [-0.4, -0.2) is 41.4 Å². The number of fused-ring (bicyclic) bond motifs is 1. The van der Waals surface area contributed by atoms with Crippen molar-refractivity contribution < 1.29 is 4.79 Å². The van der Waals surface area contributed by atoms with Gasteiger partial charge in [0.2, 0.25) is 5.91 Å². The molecule has 2 heterocycles. The number of amides is 1. The molecule has 1 unspecified atom stereocenters. The summed E-state index contributed by atoms with van der Waals surface area (Å²) in [6.45, 7) is 8.10. The van der Waals surface area contributed by atoms with E-state index >= 15 is 0 Å². The van der Waals surface area contributed by atoms with Crippen molar-refractivity contribution >= 4 is 33.4 Å². The van der Waals surface area contributed by atoms with Gasteiger partial charge in [0.1, 0.15) is 0 Å². The average molecular weight is 414 g/mol. The van der Waals surface area contributed by atoms with Gasteiger partial charge in [0.25, 0.3) is 0 Å². The zero-order valence-corrected chi connectivity index (χ0v) is 16.9. The predicted molar refractivity (Wildman–Crippen MR) is 102 cm³/mol. The van der Waals surface area contributed by atoms with Crippen LogP contribution in [0.25, 0.3) is 0 Å². The summed E-state index contributed by atoms with van der Waals surface area (Å²) in [6.07, 6.45) is 4.21. The van der Waals surface area contributed by atoms with Crippen LogP contribution >= 0.6 is 27.5 Å². The van der Waals surface area contributed by atoms with Crippen LogP contribution in [0.4, 0.5) is 0 Å². The lowest BCUT2D eigenvalue weighted by molar-refractivity contribution is -0.137. The molecule has 0 N–H and O–H groups in total. The molecule has 5 heteroatoms. The Morgan fingerprint density at radius 3 is 2.88 bits per heavy atom. The van der Waals surface area contributed by atoms with Crippen LogP contribution in [0.5, 0.6) is 0 Å². The first-order valence-corrected chi connectivity index (χ1v) is 10.1. The fraction of sp³-hybridized carbons (Fsp3) is 0.632. The molecule has 0 bridgehead atoms. The van der Waals surface area contributed by atoms with Gasteiger partial charge in [-0.25, -0.2) is 0 Å². The highest BCUT2D eigenvalue weighted by Gasteiger charge is 2.34. The minimum Gasteiger partial charge on any atom is -0.337 e. The Morgan fingerprint density at radius 1 is 1.33 bits per heavy atom. The second-order valence-corrected chi connectivity index (χ2v) is 8.68. The zero-order chi connectivity index (χ0) is 17.3. The number of likely N-dealkylation sites (tertiary alicyclic amines) is 1. The lowest BCUT2D eigenvalue weighted by Gasteiger charge is -2.34. The minimum absolute atomic E-state index is 0.0798. The van der Waals surface area contributed by atoms with E-state index in [-0.39, 0.29) is 6.04 Å². The Kier molecular flexibility index (Phi) is 5.89. The third-order valence-corrected chi connectivity index (χ3v) is 6.41. The highest BCUT2D eigenvalue weighted by molar-refractivity contribution is 9.10. The van der Waals surface area contributed by atoms with E-state index in [2.05, 4.69) is 40.7 Å². The molecule has 0 radical (unpaired) electrons. The first kappa shape index (κ1) is 18.2. The molecule has 1 saturated heterocycles. The molecule has 0 spiro atoms. The van der Waals surface area contributed by atoms with Crippen LogP contribution in [0.1, 0.15) is 44.2 Å². The first-order valence-electron chi connectivity index (χ1n) is 8.95. The summed E-state index contributed by atoms with van der Waals surface area (Å²) in [5.41, 5.74) is 2.49. The molecule has 0 aliphatic carbocycles. The fourth-order valence-corrected chi connectivity index (χ4v) is 4.32. The normalized spacial score (nSPS) is 21.4. The molecule has 0 aromatic heterocycles. The molecule has 1 aromatic rings. The molecule has 2 aliphatic heterocycles. The van der Waals surface area contributed by atoms with Crippen molar-refractivity contribution in [3.8, 4) is 0 Å². The van der Waals surface area contributed by atoms with Gasteiger partial charge in [0.15, 0.2) is 0 Å². The fourth-order valence-electron chi connectivity index (χ4n) is 3.75. The molecule has 132 valence electrons. The number of rotatable bonds is 4. The smallest absolute Gasteiger partial charge is 0.240 e. The van der Waals surface area contributed by atoms with Crippen molar-refractivity contribution in [3.63, 3.8) is 0 Å². The maximum atomic E-state index is 13.1. The van der Waals surface area contributed by atoms with Crippen molar-refractivity contribution in [2.45, 2.75) is 52.1 Å². The average Bonchev–Trinajstić information content (AvgIpc) is 3.01.